The zero-order chi connectivity index (χ0) is 9.26. The fourth-order valence-corrected chi connectivity index (χ4v) is 2.67. The van der Waals surface area contributed by atoms with Crippen LogP contribution in [-0.4, -0.2) is 10.4 Å². The third-order valence-electron chi connectivity index (χ3n) is 2.37. The molecule has 0 spiro atoms. The minimum atomic E-state index is 0.383. The maximum atomic E-state index is 9.29. The third kappa shape index (κ3) is 1.69. The van der Waals surface area contributed by atoms with Crippen LogP contribution in [-0.2, 0) is 12.8 Å². The van der Waals surface area contributed by atoms with E-state index in [2.05, 4.69) is 5.18 Å². The zero-order valence-electron chi connectivity index (χ0n) is 7.58. The Morgan fingerprint density at radius 1 is 1.38 bits per heavy atom. The molecule has 0 aromatic heterocycles. The first kappa shape index (κ1) is 8.61. The molecular formula is C11H12OS. The second-order valence-corrected chi connectivity index (χ2v) is 4.62. The molecule has 68 valence electrons. The molecule has 1 aromatic carbocycles. The van der Waals surface area contributed by atoms with Crippen LogP contribution in [0.4, 0.5) is 0 Å². The Kier molecular flexibility index (Phi) is 2.26. The van der Waals surface area contributed by atoms with E-state index in [1.165, 1.54) is 11.1 Å². The first-order valence-corrected chi connectivity index (χ1v) is 5.30. The van der Waals surface area contributed by atoms with Gasteiger partial charge in [0.2, 0.25) is 0 Å². The molecule has 1 unspecified atom stereocenters. The molecule has 0 amide bonds. The summed E-state index contributed by atoms with van der Waals surface area (Å²) in [6.07, 6.45) is 2.18. The predicted molar refractivity (Wildman–Crippen MR) is 56.5 cm³/mol. The Morgan fingerprint density at radius 2 is 2.15 bits per heavy atom. The summed E-state index contributed by atoms with van der Waals surface area (Å²) in [7, 11) is 0. The number of benzene rings is 1. The van der Waals surface area contributed by atoms with E-state index in [-0.39, 0.29) is 0 Å². The van der Waals surface area contributed by atoms with Crippen LogP contribution in [0, 0.1) is 5.18 Å². The number of phenolic OH excluding ortho intramolecular Hbond substituents is 1. The average Bonchev–Trinajstić information content (AvgIpc) is 2.46. The van der Waals surface area contributed by atoms with Gasteiger partial charge in [-0.05, 0) is 43.0 Å². The minimum Gasteiger partial charge on any atom is -0.508 e. The fourth-order valence-electron chi connectivity index (χ4n) is 1.81. The Bertz CT molecular complexity index is 387. The molecular weight excluding hydrogens is 180 g/mol. The molecule has 2 rings (SSSR count). The van der Waals surface area contributed by atoms with Crippen LogP contribution < -0.4 is 0 Å². The highest BCUT2D eigenvalue weighted by atomic mass is 32.1. The molecule has 0 saturated carbocycles. The van der Waals surface area contributed by atoms with Crippen molar-refractivity contribution in [1.82, 2.24) is 0 Å². The zero-order valence-corrected chi connectivity index (χ0v) is 8.40. The monoisotopic (exact) mass is 192 g/mol. The van der Waals surface area contributed by atoms with Crippen LogP contribution in [0.25, 0.3) is 0 Å². The Balaban J connectivity index is 2.28. The van der Waals surface area contributed by atoms with E-state index in [0.717, 1.165) is 12.8 Å². The van der Waals surface area contributed by atoms with Crippen LogP contribution in [0.2, 0.25) is 0 Å². The normalized spacial score (nSPS) is 19.3. The van der Waals surface area contributed by atoms with Crippen molar-refractivity contribution in [2.75, 3.05) is 0 Å². The first-order chi connectivity index (χ1) is 6.29. The van der Waals surface area contributed by atoms with Gasteiger partial charge >= 0.3 is 0 Å². The molecule has 1 nitrogen and oxygen atoms in total. The minimum absolute atomic E-state index is 0.383. The summed E-state index contributed by atoms with van der Waals surface area (Å²) in [5.74, 6) is 0.383. The number of fused-ring (bicyclic) bond motifs is 1. The molecule has 1 atom stereocenters. The predicted octanol–water partition coefficient (Wildman–Crippen LogP) is 2.57. The number of hydrogen-bond acceptors (Lipinski definition) is 1. The lowest BCUT2D eigenvalue weighted by Gasteiger charge is -1.97. The number of hydrogen-bond donors (Lipinski definition) is 1. The van der Waals surface area contributed by atoms with Crippen LogP contribution in [0.5, 0.6) is 5.75 Å². The van der Waals surface area contributed by atoms with Crippen LogP contribution >= 0.6 is 11.2 Å². The van der Waals surface area contributed by atoms with E-state index in [1.807, 2.05) is 19.1 Å². The highest BCUT2D eigenvalue weighted by Crippen LogP contribution is 2.29. The molecule has 0 bridgehead atoms. The summed E-state index contributed by atoms with van der Waals surface area (Å²) in [5, 5.41) is 13.0. The molecule has 0 heterocycles. The van der Waals surface area contributed by atoms with Gasteiger partial charge in [0, 0.05) is 5.25 Å². The highest BCUT2D eigenvalue weighted by Gasteiger charge is 2.19. The van der Waals surface area contributed by atoms with E-state index in [0.29, 0.717) is 11.0 Å². The number of aromatic hydroxyl groups is 1. The summed E-state index contributed by atoms with van der Waals surface area (Å²) in [4.78, 5) is 0. The molecule has 1 aliphatic carbocycles. The van der Waals surface area contributed by atoms with Gasteiger partial charge < -0.3 is 5.11 Å². The van der Waals surface area contributed by atoms with Crippen molar-refractivity contribution in [2.24, 2.45) is 0 Å². The van der Waals surface area contributed by atoms with Gasteiger partial charge in [-0.3, -0.25) is 0 Å². The molecule has 0 saturated heterocycles. The lowest BCUT2D eigenvalue weighted by Crippen LogP contribution is -1.95. The molecule has 2 heteroatoms. The van der Waals surface area contributed by atoms with Crippen molar-refractivity contribution in [3.8, 4) is 10.9 Å². The lowest BCUT2D eigenvalue weighted by molar-refractivity contribution is 0.474. The van der Waals surface area contributed by atoms with Crippen LogP contribution in [0.3, 0.4) is 0 Å². The SMILES string of the molecule is CC#SC1Cc2ccc(O)cc2C1. The molecule has 0 radical (unpaired) electrons. The van der Waals surface area contributed by atoms with Gasteiger partial charge in [-0.1, -0.05) is 11.3 Å². The first-order valence-electron chi connectivity index (χ1n) is 4.43. The quantitative estimate of drug-likeness (QED) is 0.670. The van der Waals surface area contributed by atoms with Crippen LogP contribution in [0.1, 0.15) is 18.1 Å². The Labute approximate surface area is 82.0 Å². The van der Waals surface area contributed by atoms with Gasteiger partial charge in [-0.25, -0.2) is 0 Å². The standard InChI is InChI=1S/C11H12OS/c1-2-13-11-6-8-3-4-10(12)5-9(8)7-11/h3-5,11-12H,6-7H2,1H3. The Morgan fingerprint density at radius 3 is 2.92 bits per heavy atom. The average molecular weight is 192 g/mol. The summed E-state index contributed by atoms with van der Waals surface area (Å²) in [5.41, 5.74) is 2.68. The van der Waals surface area contributed by atoms with Gasteiger partial charge in [0.1, 0.15) is 5.75 Å². The van der Waals surface area contributed by atoms with Crippen LogP contribution in [0.15, 0.2) is 18.2 Å². The largest absolute Gasteiger partial charge is 0.508 e. The van der Waals surface area contributed by atoms with E-state index < -0.39 is 0 Å². The molecule has 0 aliphatic heterocycles. The van der Waals surface area contributed by atoms with Crippen molar-refractivity contribution >= 4 is 11.2 Å². The summed E-state index contributed by atoms with van der Waals surface area (Å²) >= 11 is 1.77. The van der Waals surface area contributed by atoms with Gasteiger partial charge in [-0.15, -0.1) is 11.2 Å². The summed E-state index contributed by atoms with van der Waals surface area (Å²) in [6.45, 7) is 1.95. The Hall–Kier alpha value is -0.980. The van der Waals surface area contributed by atoms with E-state index in [4.69, 9.17) is 0 Å². The smallest absolute Gasteiger partial charge is 0.115 e. The van der Waals surface area contributed by atoms with E-state index >= 15 is 0 Å². The second kappa shape index (κ2) is 3.41. The van der Waals surface area contributed by atoms with Gasteiger partial charge in [0.25, 0.3) is 0 Å². The van der Waals surface area contributed by atoms with Crippen molar-refractivity contribution in [1.29, 1.82) is 0 Å². The van der Waals surface area contributed by atoms with E-state index in [9.17, 15) is 5.11 Å². The van der Waals surface area contributed by atoms with Crippen molar-refractivity contribution in [3.63, 3.8) is 0 Å². The summed E-state index contributed by atoms with van der Waals surface area (Å²) < 4.78 is 0. The number of rotatable bonds is 0. The van der Waals surface area contributed by atoms with Crippen molar-refractivity contribution in [2.45, 2.75) is 25.0 Å². The highest BCUT2D eigenvalue weighted by molar-refractivity contribution is 7.89. The molecule has 1 aromatic rings. The lowest BCUT2D eigenvalue weighted by atomic mass is 10.1. The van der Waals surface area contributed by atoms with E-state index in [1.54, 1.807) is 17.2 Å². The molecule has 1 aliphatic rings. The molecule has 13 heavy (non-hydrogen) atoms. The van der Waals surface area contributed by atoms with Crippen molar-refractivity contribution < 1.29 is 5.11 Å². The molecule has 0 fully saturated rings. The maximum Gasteiger partial charge on any atom is 0.115 e. The second-order valence-electron chi connectivity index (χ2n) is 3.31. The van der Waals surface area contributed by atoms with Gasteiger partial charge in [0.05, 0.1) is 0 Å². The maximum absolute atomic E-state index is 9.29. The fraction of sp³-hybridized carbons (Fsp3) is 0.364. The topological polar surface area (TPSA) is 20.2 Å². The summed E-state index contributed by atoms with van der Waals surface area (Å²) in [6, 6.07) is 5.68. The molecule has 1 N–H and O–H groups in total. The third-order valence-corrected chi connectivity index (χ3v) is 3.27. The van der Waals surface area contributed by atoms with Gasteiger partial charge in [0.15, 0.2) is 0 Å². The number of phenols is 1. The van der Waals surface area contributed by atoms with Gasteiger partial charge in [-0.2, -0.15) is 0 Å². The van der Waals surface area contributed by atoms with Crippen molar-refractivity contribution in [3.05, 3.63) is 29.3 Å².